The van der Waals surface area contributed by atoms with E-state index in [1.807, 2.05) is 17.5 Å². The summed E-state index contributed by atoms with van der Waals surface area (Å²) in [5, 5.41) is 6.03. The van der Waals surface area contributed by atoms with Crippen LogP contribution in [0.15, 0.2) is 17.5 Å². The molecule has 0 radical (unpaired) electrons. The molecule has 3 rings (SSSR count). The maximum Gasteiger partial charge on any atom is 0.261 e. The summed E-state index contributed by atoms with van der Waals surface area (Å²) < 4.78 is 5.07. The Kier molecular flexibility index (Phi) is 5.07. The van der Waals surface area contributed by atoms with Crippen LogP contribution in [0.5, 0.6) is 0 Å². The summed E-state index contributed by atoms with van der Waals surface area (Å²) in [5.41, 5.74) is 0.925. The van der Waals surface area contributed by atoms with Crippen LogP contribution in [0, 0.1) is 0 Å². The molecule has 0 aliphatic carbocycles. The van der Waals surface area contributed by atoms with Crippen LogP contribution in [-0.4, -0.2) is 31.1 Å². The van der Waals surface area contributed by atoms with Gasteiger partial charge in [0.2, 0.25) is 0 Å². The van der Waals surface area contributed by atoms with Gasteiger partial charge in [-0.05, 0) is 25.0 Å². The van der Waals surface area contributed by atoms with Crippen molar-refractivity contribution in [2.24, 2.45) is 0 Å². The summed E-state index contributed by atoms with van der Waals surface area (Å²) in [6.07, 6.45) is 2.49. The van der Waals surface area contributed by atoms with Gasteiger partial charge in [-0.2, -0.15) is 0 Å². The Morgan fingerprint density at radius 3 is 3.00 bits per heavy atom. The average molecular weight is 337 g/mol. The van der Waals surface area contributed by atoms with Crippen molar-refractivity contribution in [2.45, 2.75) is 26.0 Å². The van der Waals surface area contributed by atoms with E-state index >= 15 is 0 Å². The maximum absolute atomic E-state index is 12.1. The highest BCUT2D eigenvalue weighted by Gasteiger charge is 2.16. The summed E-state index contributed by atoms with van der Waals surface area (Å²) >= 11 is 3.12. The SMILES string of the molecule is COCc1ccc(C(=O)NCc2csc(N3CCCC3)n2)s1. The fourth-order valence-corrected chi connectivity index (χ4v) is 4.18. The number of thiazole rings is 1. The molecule has 0 saturated carbocycles. The van der Waals surface area contributed by atoms with Crippen LogP contribution < -0.4 is 10.2 Å². The van der Waals surface area contributed by atoms with Gasteiger partial charge in [0, 0.05) is 30.5 Å². The predicted octanol–water partition coefficient (Wildman–Crippen LogP) is 2.88. The third-order valence-electron chi connectivity index (χ3n) is 3.52. The summed E-state index contributed by atoms with van der Waals surface area (Å²) in [6, 6.07) is 3.77. The Labute approximate surface area is 137 Å². The fraction of sp³-hybridized carbons (Fsp3) is 0.467. The van der Waals surface area contributed by atoms with Crippen molar-refractivity contribution >= 4 is 33.7 Å². The topological polar surface area (TPSA) is 54.5 Å². The van der Waals surface area contributed by atoms with Gasteiger partial charge in [-0.1, -0.05) is 0 Å². The van der Waals surface area contributed by atoms with Crippen LogP contribution in [0.3, 0.4) is 0 Å². The summed E-state index contributed by atoms with van der Waals surface area (Å²) in [6.45, 7) is 3.21. The Bertz CT molecular complexity index is 632. The number of amides is 1. The molecule has 2 aromatic rings. The molecule has 1 aliphatic rings. The number of nitrogens with zero attached hydrogens (tertiary/aromatic N) is 2. The zero-order valence-corrected chi connectivity index (χ0v) is 14.1. The van der Waals surface area contributed by atoms with Gasteiger partial charge in [0.1, 0.15) is 0 Å². The zero-order valence-electron chi connectivity index (χ0n) is 12.5. The van der Waals surface area contributed by atoms with Crippen molar-refractivity contribution in [1.82, 2.24) is 10.3 Å². The van der Waals surface area contributed by atoms with Gasteiger partial charge in [-0.25, -0.2) is 4.98 Å². The first-order valence-electron chi connectivity index (χ1n) is 7.31. The molecule has 118 valence electrons. The second-order valence-electron chi connectivity index (χ2n) is 5.20. The molecule has 0 bridgehead atoms. The predicted molar refractivity (Wildman–Crippen MR) is 89.8 cm³/mol. The number of hydrogen-bond donors (Lipinski definition) is 1. The minimum atomic E-state index is -0.0527. The van der Waals surface area contributed by atoms with E-state index in [0.717, 1.165) is 28.8 Å². The van der Waals surface area contributed by atoms with E-state index in [1.165, 1.54) is 24.2 Å². The standard InChI is InChI=1S/C15H19N3O2S2/c1-20-9-12-4-5-13(22-12)14(19)16-8-11-10-21-15(17-11)18-6-2-3-7-18/h4-5,10H,2-3,6-9H2,1H3,(H,16,19). The van der Waals surface area contributed by atoms with Crippen LogP contribution >= 0.6 is 22.7 Å². The molecule has 0 spiro atoms. The van der Waals surface area contributed by atoms with Gasteiger partial charge in [-0.3, -0.25) is 4.79 Å². The third kappa shape index (κ3) is 3.66. The van der Waals surface area contributed by atoms with Crippen LogP contribution in [0.1, 0.15) is 33.1 Å². The van der Waals surface area contributed by atoms with Gasteiger partial charge in [-0.15, -0.1) is 22.7 Å². The average Bonchev–Trinajstić information content (AvgIpc) is 3.25. The molecule has 0 atom stereocenters. The molecule has 3 heterocycles. The lowest BCUT2D eigenvalue weighted by Gasteiger charge is -2.12. The van der Waals surface area contributed by atoms with Gasteiger partial charge in [0.25, 0.3) is 5.91 Å². The molecule has 1 amide bonds. The number of thiophene rings is 1. The summed E-state index contributed by atoms with van der Waals surface area (Å²) in [5.74, 6) is -0.0527. The van der Waals surface area contributed by atoms with Gasteiger partial charge >= 0.3 is 0 Å². The van der Waals surface area contributed by atoms with E-state index in [-0.39, 0.29) is 5.91 Å². The smallest absolute Gasteiger partial charge is 0.261 e. The third-order valence-corrected chi connectivity index (χ3v) is 5.53. The summed E-state index contributed by atoms with van der Waals surface area (Å²) in [4.78, 5) is 20.8. The number of carbonyl (C=O) groups is 1. The molecular formula is C15H19N3O2S2. The highest BCUT2D eigenvalue weighted by molar-refractivity contribution is 7.14. The highest BCUT2D eigenvalue weighted by atomic mass is 32.1. The van der Waals surface area contributed by atoms with Crippen LogP contribution in [0.25, 0.3) is 0 Å². The van der Waals surface area contributed by atoms with E-state index in [4.69, 9.17) is 4.74 Å². The van der Waals surface area contributed by atoms with Crippen LogP contribution in [0.4, 0.5) is 5.13 Å². The first-order chi connectivity index (χ1) is 10.8. The Morgan fingerprint density at radius 2 is 2.23 bits per heavy atom. The molecule has 7 heteroatoms. The molecule has 1 saturated heterocycles. The fourth-order valence-electron chi connectivity index (χ4n) is 2.41. The number of carbonyl (C=O) groups excluding carboxylic acids is 1. The number of hydrogen-bond acceptors (Lipinski definition) is 6. The highest BCUT2D eigenvalue weighted by Crippen LogP contribution is 2.24. The first kappa shape index (κ1) is 15.5. The molecule has 1 fully saturated rings. The molecule has 22 heavy (non-hydrogen) atoms. The largest absolute Gasteiger partial charge is 0.379 e. The van der Waals surface area contributed by atoms with E-state index in [1.54, 1.807) is 18.4 Å². The van der Waals surface area contributed by atoms with Crippen molar-refractivity contribution in [3.63, 3.8) is 0 Å². The van der Waals surface area contributed by atoms with Crippen molar-refractivity contribution < 1.29 is 9.53 Å². The normalized spacial score (nSPS) is 14.5. The van der Waals surface area contributed by atoms with Gasteiger partial charge in [0.15, 0.2) is 5.13 Å². The molecule has 5 nitrogen and oxygen atoms in total. The molecule has 0 unspecified atom stereocenters. The van der Waals surface area contributed by atoms with Crippen LogP contribution in [0.2, 0.25) is 0 Å². The molecule has 0 aromatic carbocycles. The Hall–Kier alpha value is -1.44. The van der Waals surface area contributed by atoms with E-state index in [9.17, 15) is 4.79 Å². The van der Waals surface area contributed by atoms with Crippen molar-refractivity contribution in [1.29, 1.82) is 0 Å². The number of anilines is 1. The number of ether oxygens (including phenoxy) is 1. The number of aromatic nitrogens is 1. The van der Waals surface area contributed by atoms with Crippen molar-refractivity contribution in [3.05, 3.63) is 33.0 Å². The minimum absolute atomic E-state index is 0.0527. The number of rotatable bonds is 6. The zero-order chi connectivity index (χ0) is 15.4. The lowest BCUT2D eigenvalue weighted by atomic mass is 10.4. The summed E-state index contributed by atoms with van der Waals surface area (Å²) in [7, 11) is 1.65. The molecular weight excluding hydrogens is 318 g/mol. The lowest BCUT2D eigenvalue weighted by molar-refractivity contribution is 0.0954. The number of methoxy groups -OCH3 is 1. The van der Waals surface area contributed by atoms with Crippen LogP contribution in [-0.2, 0) is 17.9 Å². The van der Waals surface area contributed by atoms with Gasteiger partial charge < -0.3 is 15.0 Å². The Morgan fingerprint density at radius 1 is 1.41 bits per heavy atom. The van der Waals surface area contributed by atoms with E-state index in [2.05, 4.69) is 15.2 Å². The quantitative estimate of drug-likeness (QED) is 0.881. The Balaban J connectivity index is 1.54. The second-order valence-corrected chi connectivity index (χ2v) is 7.20. The molecule has 2 aromatic heterocycles. The van der Waals surface area contributed by atoms with Gasteiger partial charge in [0.05, 0.1) is 23.7 Å². The number of nitrogens with one attached hydrogen (secondary N) is 1. The lowest BCUT2D eigenvalue weighted by Crippen LogP contribution is -2.22. The van der Waals surface area contributed by atoms with E-state index < -0.39 is 0 Å². The van der Waals surface area contributed by atoms with E-state index in [0.29, 0.717) is 18.0 Å². The molecule has 1 N–H and O–H groups in total. The minimum Gasteiger partial charge on any atom is -0.379 e. The molecule has 1 aliphatic heterocycles. The van der Waals surface area contributed by atoms with Crippen molar-refractivity contribution in [2.75, 3.05) is 25.1 Å². The monoisotopic (exact) mass is 337 g/mol. The maximum atomic E-state index is 12.1. The second kappa shape index (κ2) is 7.21. The van der Waals surface area contributed by atoms with Crippen molar-refractivity contribution in [3.8, 4) is 0 Å². The first-order valence-corrected chi connectivity index (χ1v) is 9.01.